The highest BCUT2D eigenvalue weighted by molar-refractivity contribution is 6.06. The summed E-state index contributed by atoms with van der Waals surface area (Å²) in [4.78, 5) is 40.3. The fraction of sp³-hybridized carbons (Fsp3) is 0.679. The van der Waals surface area contributed by atoms with E-state index in [-0.39, 0.29) is 30.4 Å². The molecule has 1 N–H and O–H groups in total. The first-order chi connectivity index (χ1) is 16.6. The van der Waals surface area contributed by atoms with Crippen molar-refractivity contribution in [3.63, 3.8) is 0 Å². The van der Waals surface area contributed by atoms with Crippen molar-refractivity contribution < 1.29 is 28.7 Å². The minimum Gasteiger partial charge on any atom is -0.457 e. The van der Waals surface area contributed by atoms with Crippen LogP contribution >= 0.6 is 0 Å². The number of carbonyl (C=O) groups excluding carboxylic acids is 3. The number of hydrogen-bond acceptors (Lipinski definition) is 5. The van der Waals surface area contributed by atoms with E-state index < -0.39 is 17.0 Å². The van der Waals surface area contributed by atoms with Gasteiger partial charge >= 0.3 is 5.97 Å². The molecule has 0 aromatic heterocycles. The molecule has 2 aliphatic heterocycles. The Morgan fingerprint density at radius 2 is 1.77 bits per heavy atom. The summed E-state index contributed by atoms with van der Waals surface area (Å²) in [7, 11) is 2.12. The zero-order chi connectivity index (χ0) is 25.3. The number of quaternary nitrogens is 1. The Morgan fingerprint density at radius 1 is 1.14 bits per heavy atom. The van der Waals surface area contributed by atoms with Gasteiger partial charge in [0.25, 0.3) is 0 Å². The Bertz CT molecular complexity index is 932. The lowest BCUT2D eigenvalue weighted by molar-refractivity contribution is -0.916. The molecular formula is C28H41N2O5+. The number of imide groups is 1. The number of amides is 2. The molecule has 3 fully saturated rings. The van der Waals surface area contributed by atoms with Crippen LogP contribution in [-0.2, 0) is 24.7 Å². The zero-order valence-electron chi connectivity index (χ0n) is 21.5. The molecule has 1 aliphatic carbocycles. The fourth-order valence-corrected chi connectivity index (χ4v) is 6.36. The van der Waals surface area contributed by atoms with Crippen LogP contribution in [0.1, 0.15) is 70.8 Å². The minimum absolute atomic E-state index is 0.0180. The third kappa shape index (κ3) is 4.90. The number of aliphatic hydroxyl groups is 1. The largest absolute Gasteiger partial charge is 0.457 e. The van der Waals surface area contributed by atoms with Crippen LogP contribution in [0, 0.1) is 11.3 Å². The highest BCUT2D eigenvalue weighted by Gasteiger charge is 2.55. The number of rotatable bonds is 7. The van der Waals surface area contributed by atoms with Gasteiger partial charge in [-0.15, -0.1) is 0 Å². The summed E-state index contributed by atoms with van der Waals surface area (Å²) in [5.74, 6) is -0.770. The van der Waals surface area contributed by atoms with Gasteiger partial charge in [0.2, 0.25) is 11.8 Å². The van der Waals surface area contributed by atoms with Crippen molar-refractivity contribution in [2.24, 2.45) is 11.3 Å². The monoisotopic (exact) mass is 485 g/mol. The minimum atomic E-state index is -1.62. The van der Waals surface area contributed by atoms with Gasteiger partial charge in [-0.2, -0.15) is 0 Å². The summed E-state index contributed by atoms with van der Waals surface area (Å²) >= 11 is 0. The van der Waals surface area contributed by atoms with Gasteiger partial charge in [0.05, 0.1) is 25.6 Å². The number of carbonyl (C=O) groups is 3. The molecule has 3 aliphatic rings. The molecule has 2 saturated heterocycles. The van der Waals surface area contributed by atoms with E-state index in [9.17, 15) is 19.5 Å². The van der Waals surface area contributed by atoms with Gasteiger partial charge in [-0.3, -0.25) is 14.5 Å². The summed E-state index contributed by atoms with van der Waals surface area (Å²) in [6.45, 7) is 6.12. The van der Waals surface area contributed by atoms with E-state index in [1.165, 1.54) is 4.90 Å². The topological polar surface area (TPSA) is 83.9 Å². The Kier molecular flexibility index (Phi) is 7.39. The first kappa shape index (κ1) is 25.8. The summed E-state index contributed by atoms with van der Waals surface area (Å²) in [6.07, 6.45) is 6.44. The van der Waals surface area contributed by atoms with E-state index in [0.717, 1.165) is 45.2 Å². The van der Waals surface area contributed by atoms with E-state index in [4.69, 9.17) is 4.74 Å². The molecule has 4 rings (SSSR count). The molecule has 7 heteroatoms. The van der Waals surface area contributed by atoms with Gasteiger partial charge in [-0.1, -0.05) is 49.6 Å². The first-order valence-corrected chi connectivity index (χ1v) is 13.3. The summed E-state index contributed by atoms with van der Waals surface area (Å²) in [5, 5.41) is 11.7. The average molecular weight is 486 g/mol. The molecule has 1 unspecified atom stereocenters. The van der Waals surface area contributed by atoms with Crippen LogP contribution in [-0.4, -0.2) is 71.6 Å². The van der Waals surface area contributed by atoms with E-state index in [2.05, 4.69) is 7.05 Å². The second-order valence-corrected chi connectivity index (χ2v) is 11.5. The number of likely N-dealkylation sites (tertiary alicyclic amines) is 2. The normalized spacial score (nSPS) is 29.6. The van der Waals surface area contributed by atoms with Crippen molar-refractivity contribution in [1.29, 1.82) is 0 Å². The van der Waals surface area contributed by atoms with Crippen molar-refractivity contribution in [1.82, 2.24) is 4.90 Å². The summed E-state index contributed by atoms with van der Waals surface area (Å²) < 4.78 is 6.44. The van der Waals surface area contributed by atoms with Crippen LogP contribution in [0.25, 0.3) is 0 Å². The second kappa shape index (κ2) is 10.0. The van der Waals surface area contributed by atoms with Crippen LogP contribution in [0.2, 0.25) is 0 Å². The number of likely N-dealkylation sites (N-methyl/N-ethyl adjacent to an activating group) is 1. The number of piperidine rings is 1. The van der Waals surface area contributed by atoms with Crippen molar-refractivity contribution in [3.8, 4) is 0 Å². The number of benzene rings is 1. The third-order valence-electron chi connectivity index (χ3n) is 8.79. The van der Waals surface area contributed by atoms with Gasteiger partial charge in [0, 0.05) is 31.2 Å². The van der Waals surface area contributed by atoms with Crippen LogP contribution in [0.5, 0.6) is 0 Å². The zero-order valence-corrected chi connectivity index (χ0v) is 21.5. The Balaban J connectivity index is 1.37. The van der Waals surface area contributed by atoms with Gasteiger partial charge in [0.15, 0.2) is 5.60 Å². The molecule has 0 bridgehead atoms. The van der Waals surface area contributed by atoms with Gasteiger partial charge in [-0.25, -0.2) is 4.79 Å². The first-order valence-electron chi connectivity index (χ1n) is 13.3. The van der Waals surface area contributed by atoms with Crippen LogP contribution in [0.15, 0.2) is 30.3 Å². The standard InChI is InChI=1S/C28H41N2O5/c1-21(2)29-24(31)20-27(25(29)32)14-16-30(3,17-15-27)18-19-35-26(33)28(34,22-10-6-4-7-11-22)23-12-8-5-9-13-23/h4,6-7,10-11,21,23,34H,5,8-9,12-20H2,1-3H3/q+1. The molecule has 1 spiro atoms. The van der Waals surface area contributed by atoms with Gasteiger partial charge in [0.1, 0.15) is 13.2 Å². The predicted octanol–water partition coefficient (Wildman–Crippen LogP) is 3.39. The molecule has 7 nitrogen and oxygen atoms in total. The highest BCUT2D eigenvalue weighted by atomic mass is 16.5. The van der Waals surface area contributed by atoms with Crippen molar-refractivity contribution in [3.05, 3.63) is 35.9 Å². The highest BCUT2D eigenvalue weighted by Crippen LogP contribution is 2.44. The maximum Gasteiger partial charge on any atom is 0.343 e. The van der Waals surface area contributed by atoms with E-state index in [1.54, 1.807) is 0 Å². The average Bonchev–Trinajstić information content (AvgIpc) is 3.11. The smallest absolute Gasteiger partial charge is 0.343 e. The predicted molar refractivity (Wildman–Crippen MR) is 132 cm³/mol. The third-order valence-corrected chi connectivity index (χ3v) is 8.79. The second-order valence-electron chi connectivity index (χ2n) is 11.5. The number of hydrogen-bond donors (Lipinski definition) is 1. The molecule has 1 aromatic rings. The maximum absolute atomic E-state index is 13.3. The van der Waals surface area contributed by atoms with Crippen LogP contribution in [0.3, 0.4) is 0 Å². The van der Waals surface area contributed by atoms with Crippen molar-refractivity contribution in [2.45, 2.75) is 76.9 Å². The molecular weight excluding hydrogens is 444 g/mol. The molecule has 0 radical (unpaired) electrons. The van der Waals surface area contributed by atoms with Crippen molar-refractivity contribution >= 4 is 17.8 Å². The van der Waals surface area contributed by atoms with E-state index >= 15 is 0 Å². The summed E-state index contributed by atoms with van der Waals surface area (Å²) in [6, 6.07) is 9.10. The Labute approximate surface area is 209 Å². The number of nitrogens with zero attached hydrogens (tertiary/aromatic N) is 2. The molecule has 35 heavy (non-hydrogen) atoms. The molecule has 2 amide bonds. The molecule has 1 saturated carbocycles. The Morgan fingerprint density at radius 3 is 2.34 bits per heavy atom. The lowest BCUT2D eigenvalue weighted by atomic mass is 9.73. The summed E-state index contributed by atoms with van der Waals surface area (Å²) in [5.41, 5.74) is -1.58. The molecule has 192 valence electrons. The van der Waals surface area contributed by atoms with E-state index in [1.807, 2.05) is 44.2 Å². The lowest BCUT2D eigenvalue weighted by Crippen LogP contribution is -2.56. The molecule has 1 atom stereocenters. The fourth-order valence-electron chi connectivity index (χ4n) is 6.36. The SMILES string of the molecule is CC(C)N1C(=O)CC2(CC[N+](C)(CCOC(=O)C(O)(c3ccccc3)C3CCCCC3)CC2)C1=O. The number of esters is 1. The number of ether oxygens (including phenoxy) is 1. The van der Waals surface area contributed by atoms with Gasteiger partial charge < -0.3 is 14.3 Å². The molecule has 2 heterocycles. The van der Waals surface area contributed by atoms with E-state index in [0.29, 0.717) is 35.9 Å². The Hall–Kier alpha value is -2.25. The lowest BCUT2D eigenvalue weighted by Gasteiger charge is -2.44. The molecule has 1 aromatic carbocycles. The maximum atomic E-state index is 13.3. The van der Waals surface area contributed by atoms with Crippen LogP contribution in [0.4, 0.5) is 0 Å². The van der Waals surface area contributed by atoms with Gasteiger partial charge in [-0.05, 0) is 32.3 Å². The van der Waals surface area contributed by atoms with Crippen molar-refractivity contribution in [2.75, 3.05) is 33.3 Å². The van der Waals surface area contributed by atoms with Crippen LogP contribution < -0.4 is 0 Å². The quantitative estimate of drug-likeness (QED) is 0.364.